The van der Waals surface area contributed by atoms with Gasteiger partial charge in [0.1, 0.15) is 6.61 Å². The lowest BCUT2D eigenvalue weighted by molar-refractivity contribution is -0.0336. The maximum Gasteiger partial charge on any atom is 0.134 e. The van der Waals surface area contributed by atoms with Gasteiger partial charge in [-0.2, -0.15) is 5.26 Å². The van der Waals surface area contributed by atoms with Crippen molar-refractivity contribution in [3.8, 4) is 6.07 Å². The highest BCUT2D eigenvalue weighted by atomic mass is 16.5. The first-order chi connectivity index (χ1) is 6.52. The van der Waals surface area contributed by atoms with Gasteiger partial charge in [0, 0.05) is 0 Å². The van der Waals surface area contributed by atoms with Crippen molar-refractivity contribution in [2.75, 3.05) is 6.61 Å². The Morgan fingerprint density at radius 3 is 2.57 bits per heavy atom. The molecule has 78 valence electrons. The SMILES string of the molecule is CC1(C)C2CCC1(C)C(OCC#N)C2. The minimum Gasteiger partial charge on any atom is -0.363 e. The number of hydrogen-bond donors (Lipinski definition) is 0. The fourth-order valence-electron chi connectivity index (χ4n) is 3.52. The molecule has 0 N–H and O–H groups in total. The van der Waals surface area contributed by atoms with E-state index in [0.717, 1.165) is 12.3 Å². The van der Waals surface area contributed by atoms with Crippen molar-refractivity contribution in [2.24, 2.45) is 16.7 Å². The average Bonchev–Trinajstić information content (AvgIpc) is 2.46. The zero-order valence-corrected chi connectivity index (χ0v) is 9.34. The third kappa shape index (κ3) is 1.05. The number of nitrogens with zero attached hydrogens (tertiary/aromatic N) is 1. The predicted octanol–water partition coefficient (Wildman–Crippen LogP) is 2.74. The first kappa shape index (κ1) is 9.98. The normalized spacial score (nSPS) is 43.9. The van der Waals surface area contributed by atoms with Crippen molar-refractivity contribution in [1.82, 2.24) is 0 Å². The lowest BCUT2D eigenvalue weighted by Crippen LogP contribution is -2.37. The van der Waals surface area contributed by atoms with Gasteiger partial charge >= 0.3 is 0 Å². The summed E-state index contributed by atoms with van der Waals surface area (Å²) in [6.07, 6.45) is 4.08. The molecule has 2 saturated carbocycles. The smallest absolute Gasteiger partial charge is 0.134 e. The summed E-state index contributed by atoms with van der Waals surface area (Å²) in [5, 5.41) is 8.54. The molecule has 2 aliphatic rings. The van der Waals surface area contributed by atoms with Crippen molar-refractivity contribution < 1.29 is 4.74 Å². The fourth-order valence-corrected chi connectivity index (χ4v) is 3.52. The van der Waals surface area contributed by atoms with E-state index in [1.54, 1.807) is 0 Å². The molecule has 0 aromatic carbocycles. The molecule has 3 unspecified atom stereocenters. The lowest BCUT2D eigenvalue weighted by atomic mass is 9.70. The maximum absolute atomic E-state index is 8.54. The molecular formula is C12H19NO. The molecule has 14 heavy (non-hydrogen) atoms. The lowest BCUT2D eigenvalue weighted by Gasteiger charge is -2.38. The number of nitriles is 1. The molecule has 0 amide bonds. The average molecular weight is 193 g/mol. The third-order valence-corrected chi connectivity index (χ3v) is 5.06. The van der Waals surface area contributed by atoms with Gasteiger partial charge in [-0.15, -0.1) is 0 Å². The van der Waals surface area contributed by atoms with Gasteiger partial charge in [-0.05, 0) is 36.0 Å². The predicted molar refractivity (Wildman–Crippen MR) is 54.6 cm³/mol. The van der Waals surface area contributed by atoms with Crippen LogP contribution in [0.3, 0.4) is 0 Å². The van der Waals surface area contributed by atoms with E-state index in [4.69, 9.17) is 10.00 Å². The quantitative estimate of drug-likeness (QED) is 0.675. The Hall–Kier alpha value is -0.550. The summed E-state index contributed by atoms with van der Waals surface area (Å²) in [7, 11) is 0. The van der Waals surface area contributed by atoms with E-state index in [9.17, 15) is 0 Å². The summed E-state index contributed by atoms with van der Waals surface area (Å²) < 4.78 is 5.66. The summed E-state index contributed by atoms with van der Waals surface area (Å²) in [6.45, 7) is 7.31. The molecule has 2 bridgehead atoms. The number of fused-ring (bicyclic) bond motifs is 2. The number of rotatable bonds is 2. The number of ether oxygens (including phenoxy) is 1. The molecule has 2 aliphatic carbocycles. The van der Waals surface area contributed by atoms with Crippen LogP contribution in [0, 0.1) is 28.1 Å². The van der Waals surface area contributed by atoms with Crippen molar-refractivity contribution in [1.29, 1.82) is 5.26 Å². The second kappa shape index (κ2) is 2.97. The van der Waals surface area contributed by atoms with E-state index in [1.807, 2.05) is 0 Å². The minimum atomic E-state index is 0.253. The Balaban J connectivity index is 2.15. The van der Waals surface area contributed by atoms with Gasteiger partial charge in [-0.3, -0.25) is 0 Å². The summed E-state index contributed by atoms with van der Waals surface area (Å²) >= 11 is 0. The highest BCUT2D eigenvalue weighted by Crippen LogP contribution is 2.66. The van der Waals surface area contributed by atoms with Crippen molar-refractivity contribution in [2.45, 2.75) is 46.1 Å². The Morgan fingerprint density at radius 2 is 2.14 bits per heavy atom. The molecular weight excluding hydrogens is 174 g/mol. The first-order valence-corrected chi connectivity index (χ1v) is 5.51. The molecule has 0 aliphatic heterocycles. The molecule has 0 aromatic rings. The summed E-state index contributed by atoms with van der Waals surface area (Å²) in [4.78, 5) is 0. The largest absolute Gasteiger partial charge is 0.363 e. The van der Waals surface area contributed by atoms with Crippen LogP contribution in [-0.2, 0) is 4.74 Å². The van der Waals surface area contributed by atoms with E-state index in [-0.39, 0.29) is 6.61 Å². The first-order valence-electron chi connectivity index (χ1n) is 5.51. The van der Waals surface area contributed by atoms with Gasteiger partial charge in [0.05, 0.1) is 12.2 Å². The zero-order valence-electron chi connectivity index (χ0n) is 9.34. The standard InChI is InChI=1S/C12H19NO/c1-11(2)9-4-5-12(11,3)10(8-9)14-7-6-13/h9-10H,4-5,7-8H2,1-3H3. The highest BCUT2D eigenvalue weighted by Gasteiger charge is 2.61. The molecule has 0 saturated heterocycles. The molecule has 0 radical (unpaired) electrons. The van der Waals surface area contributed by atoms with Gasteiger partial charge in [-0.1, -0.05) is 20.8 Å². The molecule has 2 heteroatoms. The molecule has 2 fully saturated rings. The second-order valence-corrected chi connectivity index (χ2v) is 5.57. The van der Waals surface area contributed by atoms with Gasteiger partial charge in [-0.25, -0.2) is 0 Å². The molecule has 0 spiro atoms. The second-order valence-electron chi connectivity index (χ2n) is 5.57. The highest BCUT2D eigenvalue weighted by molar-refractivity contribution is 5.11. The van der Waals surface area contributed by atoms with Gasteiger partial charge in [0.2, 0.25) is 0 Å². The fraction of sp³-hybridized carbons (Fsp3) is 0.917. The van der Waals surface area contributed by atoms with Crippen LogP contribution < -0.4 is 0 Å². The summed E-state index contributed by atoms with van der Waals surface area (Å²) in [6, 6.07) is 2.08. The van der Waals surface area contributed by atoms with Crippen LogP contribution in [0.5, 0.6) is 0 Å². The zero-order chi connectivity index (χ0) is 10.4. The van der Waals surface area contributed by atoms with Crippen molar-refractivity contribution >= 4 is 0 Å². The third-order valence-electron chi connectivity index (χ3n) is 5.06. The van der Waals surface area contributed by atoms with Crippen LogP contribution in [0.25, 0.3) is 0 Å². The van der Waals surface area contributed by atoms with E-state index in [0.29, 0.717) is 16.9 Å². The molecule has 0 aromatic heterocycles. The molecule has 2 rings (SSSR count). The van der Waals surface area contributed by atoms with Crippen LogP contribution in [0.4, 0.5) is 0 Å². The van der Waals surface area contributed by atoms with E-state index in [1.165, 1.54) is 12.8 Å². The Labute approximate surface area is 86.2 Å². The van der Waals surface area contributed by atoms with Gasteiger partial charge in [0.15, 0.2) is 0 Å². The van der Waals surface area contributed by atoms with Crippen LogP contribution in [0.2, 0.25) is 0 Å². The van der Waals surface area contributed by atoms with Gasteiger partial charge in [0.25, 0.3) is 0 Å². The van der Waals surface area contributed by atoms with E-state index < -0.39 is 0 Å². The van der Waals surface area contributed by atoms with Crippen molar-refractivity contribution in [3.63, 3.8) is 0 Å². The van der Waals surface area contributed by atoms with Crippen LogP contribution in [0.1, 0.15) is 40.0 Å². The topological polar surface area (TPSA) is 33.0 Å². The molecule has 0 heterocycles. The summed E-state index contributed by atoms with van der Waals surface area (Å²) in [5.74, 6) is 0.802. The number of hydrogen-bond acceptors (Lipinski definition) is 2. The van der Waals surface area contributed by atoms with Crippen LogP contribution in [-0.4, -0.2) is 12.7 Å². The maximum atomic E-state index is 8.54. The Kier molecular flexibility index (Phi) is 2.12. The monoisotopic (exact) mass is 193 g/mol. The Morgan fingerprint density at radius 1 is 1.43 bits per heavy atom. The van der Waals surface area contributed by atoms with Gasteiger partial charge < -0.3 is 4.74 Å². The van der Waals surface area contributed by atoms with E-state index in [2.05, 4.69) is 26.8 Å². The molecule has 3 atom stereocenters. The Bertz CT molecular complexity index is 279. The van der Waals surface area contributed by atoms with Crippen LogP contribution >= 0.6 is 0 Å². The summed E-state index contributed by atoms with van der Waals surface area (Å²) in [5.41, 5.74) is 0.696. The van der Waals surface area contributed by atoms with Crippen molar-refractivity contribution in [3.05, 3.63) is 0 Å². The van der Waals surface area contributed by atoms with Crippen LogP contribution in [0.15, 0.2) is 0 Å². The van der Waals surface area contributed by atoms with E-state index >= 15 is 0 Å². The molecule has 2 nitrogen and oxygen atoms in total. The minimum absolute atomic E-state index is 0.253.